The molecule has 1 saturated heterocycles. The Morgan fingerprint density at radius 3 is 2.70 bits per heavy atom. The van der Waals surface area contributed by atoms with Gasteiger partial charge >= 0.3 is 0 Å². The third kappa shape index (κ3) is 3.86. The highest BCUT2D eigenvalue weighted by molar-refractivity contribution is 7.22. The molecule has 1 aliphatic rings. The molecular weight excluding hydrogens is 380 g/mol. The first-order chi connectivity index (χ1) is 13.0. The molecule has 6 heteroatoms. The van der Waals surface area contributed by atoms with Gasteiger partial charge in [-0.2, -0.15) is 0 Å². The lowest BCUT2D eigenvalue weighted by atomic mass is 10.1. The first kappa shape index (κ1) is 18.4. The van der Waals surface area contributed by atoms with Gasteiger partial charge in [0.05, 0.1) is 22.9 Å². The quantitative estimate of drug-likeness (QED) is 0.589. The monoisotopic (exact) mass is 400 g/mol. The zero-order valence-electron chi connectivity index (χ0n) is 15.4. The van der Waals surface area contributed by atoms with Crippen molar-refractivity contribution < 1.29 is 9.53 Å². The number of thiazole rings is 1. The molecule has 4 rings (SSSR count). The van der Waals surface area contributed by atoms with Crippen molar-refractivity contribution in [3.05, 3.63) is 58.1 Å². The van der Waals surface area contributed by atoms with E-state index in [9.17, 15) is 4.79 Å². The first-order valence-electron chi connectivity index (χ1n) is 9.08. The van der Waals surface area contributed by atoms with E-state index < -0.39 is 0 Å². The minimum atomic E-state index is -0.0744. The number of amides is 1. The highest BCUT2D eigenvalue weighted by Gasteiger charge is 2.27. The number of hydrogen-bond acceptors (Lipinski definition) is 4. The van der Waals surface area contributed by atoms with Crippen LogP contribution in [0.5, 0.6) is 0 Å². The standard InChI is InChI=1S/C21H21ClN2O2S/c1-13-10-18-19(11-14(13)2)27-21(23-18)24(12-17-4-3-9-26-17)20(25)15-5-7-16(22)8-6-15/h5-8,10-11,17H,3-4,9,12H2,1-2H3. The van der Waals surface area contributed by atoms with Crippen molar-refractivity contribution in [1.82, 2.24) is 4.98 Å². The van der Waals surface area contributed by atoms with Crippen molar-refractivity contribution in [2.75, 3.05) is 18.1 Å². The SMILES string of the molecule is Cc1cc2nc(N(CC3CCCO3)C(=O)c3ccc(Cl)cc3)sc2cc1C. The van der Waals surface area contributed by atoms with Gasteiger partial charge < -0.3 is 4.74 Å². The minimum Gasteiger partial charge on any atom is -0.376 e. The van der Waals surface area contributed by atoms with E-state index in [0.29, 0.717) is 22.3 Å². The number of carbonyl (C=O) groups is 1. The number of halogens is 1. The maximum Gasteiger partial charge on any atom is 0.260 e. The average molecular weight is 401 g/mol. The first-order valence-corrected chi connectivity index (χ1v) is 10.3. The Morgan fingerprint density at radius 1 is 1.26 bits per heavy atom. The van der Waals surface area contributed by atoms with Gasteiger partial charge in [0.25, 0.3) is 5.91 Å². The number of rotatable bonds is 4. The molecule has 2 aromatic carbocycles. The second-order valence-corrected chi connectivity index (χ2v) is 8.40. The molecule has 2 heterocycles. The van der Waals surface area contributed by atoms with Gasteiger partial charge in [-0.25, -0.2) is 4.98 Å². The number of carbonyl (C=O) groups excluding carboxylic acids is 1. The van der Waals surface area contributed by atoms with E-state index in [1.54, 1.807) is 40.5 Å². The zero-order valence-corrected chi connectivity index (χ0v) is 16.9. The molecule has 0 N–H and O–H groups in total. The smallest absolute Gasteiger partial charge is 0.260 e. The van der Waals surface area contributed by atoms with Crippen LogP contribution in [0.3, 0.4) is 0 Å². The zero-order chi connectivity index (χ0) is 19.0. The van der Waals surface area contributed by atoms with Crippen LogP contribution in [-0.2, 0) is 4.74 Å². The van der Waals surface area contributed by atoms with Crippen LogP contribution in [0.15, 0.2) is 36.4 Å². The number of benzene rings is 2. The molecule has 140 valence electrons. The fourth-order valence-electron chi connectivity index (χ4n) is 3.27. The summed E-state index contributed by atoms with van der Waals surface area (Å²) in [6.45, 7) is 5.44. The molecule has 1 fully saturated rings. The van der Waals surface area contributed by atoms with Crippen LogP contribution in [-0.4, -0.2) is 30.1 Å². The number of ether oxygens (including phenoxy) is 1. The van der Waals surface area contributed by atoms with Gasteiger partial charge in [0.1, 0.15) is 0 Å². The maximum atomic E-state index is 13.2. The highest BCUT2D eigenvalue weighted by Crippen LogP contribution is 2.32. The van der Waals surface area contributed by atoms with Crippen LogP contribution >= 0.6 is 22.9 Å². The summed E-state index contributed by atoms with van der Waals surface area (Å²) in [4.78, 5) is 19.8. The molecule has 1 atom stereocenters. The van der Waals surface area contributed by atoms with Crippen molar-refractivity contribution in [2.45, 2.75) is 32.8 Å². The fourth-order valence-corrected chi connectivity index (χ4v) is 4.45. The minimum absolute atomic E-state index is 0.0525. The van der Waals surface area contributed by atoms with Crippen molar-refractivity contribution in [3.63, 3.8) is 0 Å². The largest absolute Gasteiger partial charge is 0.376 e. The molecule has 1 amide bonds. The Labute approximate surface area is 167 Å². The van der Waals surface area contributed by atoms with Crippen LogP contribution in [0, 0.1) is 13.8 Å². The van der Waals surface area contributed by atoms with E-state index in [1.165, 1.54) is 11.1 Å². The molecule has 1 aliphatic heterocycles. The second-order valence-electron chi connectivity index (χ2n) is 6.96. The van der Waals surface area contributed by atoms with Crippen LogP contribution < -0.4 is 4.90 Å². The molecule has 0 bridgehead atoms. The number of anilines is 1. The number of fused-ring (bicyclic) bond motifs is 1. The maximum absolute atomic E-state index is 13.2. The predicted octanol–water partition coefficient (Wildman–Crippen LogP) is 5.39. The van der Waals surface area contributed by atoms with Crippen LogP contribution in [0.25, 0.3) is 10.2 Å². The van der Waals surface area contributed by atoms with Gasteiger partial charge in [0.15, 0.2) is 5.13 Å². The Morgan fingerprint density at radius 2 is 2.00 bits per heavy atom. The summed E-state index contributed by atoms with van der Waals surface area (Å²) in [6.07, 6.45) is 2.05. The number of aryl methyl sites for hydroxylation is 2. The van der Waals surface area contributed by atoms with Gasteiger partial charge in [-0.15, -0.1) is 0 Å². The van der Waals surface area contributed by atoms with Gasteiger partial charge in [-0.05, 0) is 74.2 Å². The normalized spacial score (nSPS) is 16.8. The van der Waals surface area contributed by atoms with Crippen molar-refractivity contribution >= 4 is 44.2 Å². The lowest BCUT2D eigenvalue weighted by molar-refractivity contribution is 0.0917. The van der Waals surface area contributed by atoms with Crippen molar-refractivity contribution in [3.8, 4) is 0 Å². The predicted molar refractivity (Wildman–Crippen MR) is 111 cm³/mol. The molecule has 1 unspecified atom stereocenters. The van der Waals surface area contributed by atoms with Crippen LogP contribution in [0.2, 0.25) is 5.02 Å². The Bertz CT molecular complexity index is 939. The lowest BCUT2D eigenvalue weighted by Crippen LogP contribution is -2.37. The third-order valence-corrected chi connectivity index (χ3v) is 6.26. The molecular formula is C21H21ClN2O2S. The number of nitrogens with zero attached hydrogens (tertiary/aromatic N) is 2. The second kappa shape index (κ2) is 7.58. The van der Waals surface area contributed by atoms with Gasteiger partial charge in [-0.3, -0.25) is 9.69 Å². The van der Waals surface area contributed by atoms with E-state index in [4.69, 9.17) is 21.3 Å². The third-order valence-electron chi connectivity index (χ3n) is 4.97. The summed E-state index contributed by atoms with van der Waals surface area (Å²) in [6, 6.07) is 11.2. The summed E-state index contributed by atoms with van der Waals surface area (Å²) in [5.74, 6) is -0.0744. The summed E-state index contributed by atoms with van der Waals surface area (Å²) in [5, 5.41) is 1.33. The molecule has 27 heavy (non-hydrogen) atoms. The summed E-state index contributed by atoms with van der Waals surface area (Å²) in [5.41, 5.74) is 3.96. The van der Waals surface area contributed by atoms with Gasteiger partial charge in [-0.1, -0.05) is 22.9 Å². The molecule has 0 radical (unpaired) electrons. The molecule has 1 aromatic heterocycles. The Kier molecular flexibility index (Phi) is 5.17. The molecule has 0 saturated carbocycles. The highest BCUT2D eigenvalue weighted by atomic mass is 35.5. The van der Waals surface area contributed by atoms with E-state index in [0.717, 1.165) is 29.7 Å². The van der Waals surface area contributed by atoms with E-state index in [1.807, 2.05) is 0 Å². The lowest BCUT2D eigenvalue weighted by Gasteiger charge is -2.23. The average Bonchev–Trinajstić information content (AvgIpc) is 3.30. The number of hydrogen-bond donors (Lipinski definition) is 0. The van der Waals surface area contributed by atoms with Crippen LogP contribution in [0.4, 0.5) is 5.13 Å². The molecule has 3 aromatic rings. The van der Waals surface area contributed by atoms with E-state index in [2.05, 4.69) is 26.0 Å². The fraction of sp³-hybridized carbons (Fsp3) is 0.333. The molecule has 0 aliphatic carbocycles. The van der Waals surface area contributed by atoms with Crippen molar-refractivity contribution in [2.24, 2.45) is 0 Å². The molecule has 4 nitrogen and oxygen atoms in total. The molecule has 0 spiro atoms. The van der Waals surface area contributed by atoms with Gasteiger partial charge in [0, 0.05) is 17.2 Å². The Hall–Kier alpha value is -1.95. The van der Waals surface area contributed by atoms with E-state index >= 15 is 0 Å². The van der Waals surface area contributed by atoms with Crippen molar-refractivity contribution in [1.29, 1.82) is 0 Å². The summed E-state index contributed by atoms with van der Waals surface area (Å²) < 4.78 is 6.88. The van der Waals surface area contributed by atoms with Gasteiger partial charge in [0.2, 0.25) is 0 Å². The summed E-state index contributed by atoms with van der Waals surface area (Å²) in [7, 11) is 0. The van der Waals surface area contributed by atoms with Crippen LogP contribution in [0.1, 0.15) is 34.3 Å². The summed E-state index contributed by atoms with van der Waals surface area (Å²) >= 11 is 7.53. The number of aromatic nitrogens is 1. The Balaban J connectivity index is 1.72. The topological polar surface area (TPSA) is 42.4 Å². The van der Waals surface area contributed by atoms with E-state index in [-0.39, 0.29) is 12.0 Å².